The summed E-state index contributed by atoms with van der Waals surface area (Å²) in [4.78, 5) is 22.6. The smallest absolute Gasteiger partial charge is 0.246 e. The van der Waals surface area contributed by atoms with Gasteiger partial charge in [-0.15, -0.1) is 0 Å². The Balaban J connectivity index is 1.66. The molecule has 1 aliphatic rings. The Hall–Kier alpha value is -2.05. The van der Waals surface area contributed by atoms with Crippen LogP contribution in [0.5, 0.6) is 0 Å². The third kappa shape index (κ3) is 3.48. The van der Waals surface area contributed by atoms with Crippen LogP contribution >= 0.6 is 0 Å². The number of nitrogens with two attached hydrogens (primary N) is 1. The largest absolute Gasteiger partial charge is 0.383 e. The standard InChI is InChI=1S/C17H22N4O2/c1-11-13-4-2-3-5-14(13)20-15(19-11)10-21-8-6-12(7-9-21)16(22)17(18)23/h2-5,12,16,22H,6-10H2,1H3,(H2,18,23)/t16-/m0/s1. The van der Waals surface area contributed by atoms with E-state index in [-0.39, 0.29) is 5.92 Å². The number of hydrogen-bond donors (Lipinski definition) is 2. The number of likely N-dealkylation sites (tertiary alicyclic amines) is 1. The first-order valence-corrected chi connectivity index (χ1v) is 7.96. The van der Waals surface area contributed by atoms with Crippen LogP contribution in [0.4, 0.5) is 0 Å². The molecule has 0 spiro atoms. The topological polar surface area (TPSA) is 92.3 Å². The summed E-state index contributed by atoms with van der Waals surface area (Å²) in [6.07, 6.45) is 0.490. The molecule has 0 aliphatic carbocycles. The summed E-state index contributed by atoms with van der Waals surface area (Å²) in [5.41, 5.74) is 7.13. The van der Waals surface area contributed by atoms with Gasteiger partial charge in [-0.1, -0.05) is 18.2 Å². The lowest BCUT2D eigenvalue weighted by Gasteiger charge is -2.32. The monoisotopic (exact) mass is 314 g/mol. The lowest BCUT2D eigenvalue weighted by Crippen LogP contribution is -2.42. The third-order valence-electron chi connectivity index (χ3n) is 4.58. The van der Waals surface area contributed by atoms with Crippen molar-refractivity contribution in [2.75, 3.05) is 13.1 Å². The van der Waals surface area contributed by atoms with Gasteiger partial charge in [-0.3, -0.25) is 9.69 Å². The van der Waals surface area contributed by atoms with Crippen LogP contribution in [-0.2, 0) is 11.3 Å². The third-order valence-corrected chi connectivity index (χ3v) is 4.58. The molecule has 1 aromatic heterocycles. The highest BCUT2D eigenvalue weighted by atomic mass is 16.3. The number of rotatable bonds is 4. The van der Waals surface area contributed by atoms with Crippen LogP contribution in [0.15, 0.2) is 24.3 Å². The molecule has 1 fully saturated rings. The fraction of sp³-hybridized carbons (Fsp3) is 0.471. The second kappa shape index (κ2) is 6.60. The molecule has 0 radical (unpaired) electrons. The minimum atomic E-state index is -1.03. The Bertz CT molecular complexity index is 711. The van der Waals surface area contributed by atoms with Gasteiger partial charge in [0.2, 0.25) is 5.91 Å². The number of aliphatic hydroxyl groups excluding tert-OH is 1. The number of primary amides is 1. The highest BCUT2D eigenvalue weighted by Crippen LogP contribution is 2.22. The Morgan fingerprint density at radius 2 is 2.04 bits per heavy atom. The van der Waals surface area contributed by atoms with Gasteiger partial charge in [0.1, 0.15) is 11.9 Å². The molecule has 1 aromatic carbocycles. The number of para-hydroxylation sites is 1. The van der Waals surface area contributed by atoms with Crippen molar-refractivity contribution in [3.63, 3.8) is 0 Å². The summed E-state index contributed by atoms with van der Waals surface area (Å²) in [5.74, 6) is 0.148. The van der Waals surface area contributed by atoms with E-state index in [1.165, 1.54) is 0 Å². The Morgan fingerprint density at radius 3 is 2.74 bits per heavy atom. The molecule has 23 heavy (non-hydrogen) atoms. The van der Waals surface area contributed by atoms with E-state index in [2.05, 4.69) is 14.9 Å². The molecular weight excluding hydrogens is 292 g/mol. The zero-order valence-electron chi connectivity index (χ0n) is 13.3. The van der Waals surface area contributed by atoms with Crippen molar-refractivity contribution in [3.05, 3.63) is 35.8 Å². The zero-order chi connectivity index (χ0) is 16.4. The van der Waals surface area contributed by atoms with Gasteiger partial charge in [0.15, 0.2) is 0 Å². The van der Waals surface area contributed by atoms with Crippen molar-refractivity contribution < 1.29 is 9.90 Å². The number of hydrogen-bond acceptors (Lipinski definition) is 5. The SMILES string of the molecule is Cc1nc(CN2CCC([C@H](O)C(N)=O)CC2)nc2ccccc12. The van der Waals surface area contributed by atoms with Crippen LogP contribution in [0.2, 0.25) is 0 Å². The highest BCUT2D eigenvalue weighted by Gasteiger charge is 2.28. The van der Waals surface area contributed by atoms with Crippen LogP contribution in [0.3, 0.4) is 0 Å². The Kier molecular flexibility index (Phi) is 4.54. The number of fused-ring (bicyclic) bond motifs is 1. The number of benzene rings is 1. The van der Waals surface area contributed by atoms with Crippen LogP contribution < -0.4 is 5.73 Å². The Labute approximate surface area is 135 Å². The molecule has 6 nitrogen and oxygen atoms in total. The summed E-state index contributed by atoms with van der Waals surface area (Å²) < 4.78 is 0. The number of aliphatic hydroxyl groups is 1. The zero-order valence-corrected chi connectivity index (χ0v) is 13.3. The predicted octanol–water partition coefficient (Wildman–Crippen LogP) is 0.996. The lowest BCUT2D eigenvalue weighted by molar-refractivity contribution is -0.129. The van der Waals surface area contributed by atoms with E-state index in [0.29, 0.717) is 6.54 Å². The molecule has 122 valence electrons. The molecule has 3 rings (SSSR count). The van der Waals surface area contributed by atoms with Crippen molar-refractivity contribution in [1.29, 1.82) is 0 Å². The molecular formula is C17H22N4O2. The number of aromatic nitrogens is 2. The van der Waals surface area contributed by atoms with E-state index in [0.717, 1.165) is 48.4 Å². The quantitative estimate of drug-likeness (QED) is 0.878. The van der Waals surface area contributed by atoms with Gasteiger partial charge in [0, 0.05) is 11.1 Å². The minimum absolute atomic E-state index is 0.0389. The van der Waals surface area contributed by atoms with E-state index >= 15 is 0 Å². The van der Waals surface area contributed by atoms with Crippen molar-refractivity contribution in [2.24, 2.45) is 11.7 Å². The normalized spacial score (nSPS) is 18.2. The van der Waals surface area contributed by atoms with E-state index in [9.17, 15) is 9.90 Å². The predicted molar refractivity (Wildman–Crippen MR) is 87.5 cm³/mol. The molecule has 6 heteroatoms. The van der Waals surface area contributed by atoms with Crippen LogP contribution in [0, 0.1) is 12.8 Å². The average Bonchev–Trinajstić information content (AvgIpc) is 2.55. The van der Waals surface area contributed by atoms with Gasteiger partial charge < -0.3 is 10.8 Å². The number of aryl methyl sites for hydroxylation is 1. The fourth-order valence-corrected chi connectivity index (χ4v) is 3.22. The van der Waals surface area contributed by atoms with E-state index in [1.807, 2.05) is 31.2 Å². The molecule has 1 saturated heterocycles. The van der Waals surface area contributed by atoms with Crippen molar-refractivity contribution in [1.82, 2.24) is 14.9 Å². The van der Waals surface area contributed by atoms with Gasteiger partial charge >= 0.3 is 0 Å². The maximum Gasteiger partial charge on any atom is 0.246 e. The lowest BCUT2D eigenvalue weighted by atomic mass is 9.91. The summed E-state index contributed by atoms with van der Waals surface area (Å²) in [6, 6.07) is 8.01. The number of carbonyl (C=O) groups is 1. The Morgan fingerprint density at radius 1 is 1.35 bits per heavy atom. The van der Waals surface area contributed by atoms with Gasteiger partial charge in [0.25, 0.3) is 0 Å². The number of nitrogens with zero attached hydrogens (tertiary/aromatic N) is 3. The molecule has 2 aromatic rings. The molecule has 3 N–H and O–H groups in total. The second-order valence-electron chi connectivity index (χ2n) is 6.20. The van der Waals surface area contributed by atoms with Crippen molar-refractivity contribution in [3.8, 4) is 0 Å². The maximum absolute atomic E-state index is 11.1. The van der Waals surface area contributed by atoms with Crippen LogP contribution in [-0.4, -0.2) is 45.1 Å². The molecule has 0 unspecified atom stereocenters. The number of piperidine rings is 1. The van der Waals surface area contributed by atoms with Gasteiger partial charge in [-0.25, -0.2) is 9.97 Å². The maximum atomic E-state index is 11.1. The first kappa shape index (κ1) is 15.8. The molecule has 0 bridgehead atoms. The molecule has 1 aliphatic heterocycles. The fourth-order valence-electron chi connectivity index (χ4n) is 3.22. The van der Waals surface area contributed by atoms with Crippen LogP contribution in [0.1, 0.15) is 24.4 Å². The van der Waals surface area contributed by atoms with Gasteiger partial charge in [0.05, 0.1) is 12.1 Å². The summed E-state index contributed by atoms with van der Waals surface area (Å²) in [7, 11) is 0. The molecule has 0 saturated carbocycles. The van der Waals surface area contributed by atoms with E-state index in [4.69, 9.17) is 5.73 Å². The van der Waals surface area contributed by atoms with Gasteiger partial charge in [-0.05, 0) is 44.8 Å². The van der Waals surface area contributed by atoms with E-state index < -0.39 is 12.0 Å². The minimum Gasteiger partial charge on any atom is -0.383 e. The van der Waals surface area contributed by atoms with Crippen molar-refractivity contribution >= 4 is 16.8 Å². The van der Waals surface area contributed by atoms with Crippen LogP contribution in [0.25, 0.3) is 10.9 Å². The van der Waals surface area contributed by atoms with E-state index in [1.54, 1.807) is 0 Å². The summed E-state index contributed by atoms with van der Waals surface area (Å²) in [5, 5.41) is 10.8. The summed E-state index contributed by atoms with van der Waals surface area (Å²) in [6.45, 7) is 4.31. The second-order valence-corrected chi connectivity index (χ2v) is 6.20. The molecule has 1 amide bonds. The number of carbonyl (C=O) groups excluding carboxylic acids is 1. The first-order chi connectivity index (χ1) is 11.0. The van der Waals surface area contributed by atoms with Gasteiger partial charge in [-0.2, -0.15) is 0 Å². The average molecular weight is 314 g/mol. The summed E-state index contributed by atoms with van der Waals surface area (Å²) >= 11 is 0. The van der Waals surface area contributed by atoms with Crippen molar-refractivity contribution in [2.45, 2.75) is 32.4 Å². The number of amides is 1. The first-order valence-electron chi connectivity index (χ1n) is 7.96. The highest BCUT2D eigenvalue weighted by molar-refractivity contribution is 5.80. The molecule has 2 heterocycles. The molecule has 1 atom stereocenters.